The molecule has 1 aliphatic carbocycles. The lowest BCUT2D eigenvalue weighted by Crippen LogP contribution is -2.51. The van der Waals surface area contributed by atoms with E-state index < -0.39 is 0 Å². The Morgan fingerprint density at radius 3 is 2.62 bits per heavy atom. The first kappa shape index (κ1) is 11.2. The molecule has 0 spiro atoms. The van der Waals surface area contributed by atoms with Crippen LogP contribution in [0.3, 0.4) is 0 Å². The summed E-state index contributed by atoms with van der Waals surface area (Å²) in [6, 6.07) is 0.404. The molecule has 90 valence electrons. The molecule has 1 unspecified atom stereocenters. The third kappa shape index (κ3) is 2.46. The molecule has 1 saturated carbocycles. The van der Waals surface area contributed by atoms with Gasteiger partial charge in [0.05, 0.1) is 5.84 Å². The topological polar surface area (TPSA) is 82.2 Å². The minimum absolute atomic E-state index is 0.0238. The Kier molecular flexibility index (Phi) is 3.31. The van der Waals surface area contributed by atoms with Crippen LogP contribution in [0.4, 0.5) is 4.79 Å². The molecule has 1 atom stereocenters. The van der Waals surface area contributed by atoms with Gasteiger partial charge in [0.1, 0.15) is 0 Å². The molecule has 5 nitrogen and oxygen atoms in total. The summed E-state index contributed by atoms with van der Waals surface area (Å²) in [6.45, 7) is 1.40. The second-order valence-electron chi connectivity index (χ2n) is 4.82. The quantitative estimate of drug-likeness (QED) is 0.481. The predicted octanol–water partition coefficient (Wildman–Crippen LogP) is 0.896. The molecule has 16 heavy (non-hydrogen) atoms. The molecule has 5 heteroatoms. The zero-order valence-electron chi connectivity index (χ0n) is 9.54. The van der Waals surface area contributed by atoms with Crippen molar-refractivity contribution in [1.29, 1.82) is 5.41 Å². The number of nitrogens with zero attached hydrogens (tertiary/aromatic N) is 1. The molecule has 1 heterocycles. The summed E-state index contributed by atoms with van der Waals surface area (Å²) in [5.41, 5.74) is 5.49. The number of likely N-dealkylation sites (tertiary alicyclic amines) is 1. The fourth-order valence-electron chi connectivity index (χ4n) is 2.23. The highest BCUT2D eigenvalue weighted by Crippen LogP contribution is 2.20. The number of hydrogen-bond donors (Lipinski definition) is 3. The number of carbonyl (C=O) groups excluding carboxylic acids is 1. The average Bonchev–Trinajstić information content (AvgIpc) is 2.23. The van der Waals surface area contributed by atoms with Crippen LogP contribution in [-0.4, -0.2) is 35.9 Å². The number of piperidine rings is 1. The highest BCUT2D eigenvalue weighted by atomic mass is 16.2. The van der Waals surface area contributed by atoms with Crippen LogP contribution in [0.2, 0.25) is 0 Å². The first-order valence-electron chi connectivity index (χ1n) is 6.06. The second-order valence-corrected chi connectivity index (χ2v) is 4.82. The number of nitrogens with one attached hydrogen (secondary N) is 2. The van der Waals surface area contributed by atoms with Gasteiger partial charge >= 0.3 is 6.03 Å². The number of nitrogens with two attached hydrogens (primary N) is 1. The Morgan fingerprint density at radius 2 is 2.06 bits per heavy atom. The van der Waals surface area contributed by atoms with Gasteiger partial charge in [0.25, 0.3) is 0 Å². The minimum Gasteiger partial charge on any atom is -0.387 e. The van der Waals surface area contributed by atoms with Gasteiger partial charge in [-0.1, -0.05) is 0 Å². The van der Waals surface area contributed by atoms with E-state index in [-0.39, 0.29) is 17.8 Å². The molecule has 0 radical (unpaired) electrons. The number of carbonyl (C=O) groups is 1. The summed E-state index contributed by atoms with van der Waals surface area (Å²) in [7, 11) is 0. The van der Waals surface area contributed by atoms with Gasteiger partial charge in [-0.15, -0.1) is 0 Å². The Labute approximate surface area is 95.9 Å². The third-order valence-corrected chi connectivity index (χ3v) is 3.58. The van der Waals surface area contributed by atoms with Gasteiger partial charge in [0.15, 0.2) is 0 Å². The van der Waals surface area contributed by atoms with Crippen LogP contribution in [0.1, 0.15) is 32.1 Å². The van der Waals surface area contributed by atoms with Gasteiger partial charge in [-0.05, 0) is 32.1 Å². The van der Waals surface area contributed by atoms with E-state index in [4.69, 9.17) is 11.1 Å². The smallest absolute Gasteiger partial charge is 0.317 e. The molecule has 0 aromatic carbocycles. The molecule has 0 bridgehead atoms. The van der Waals surface area contributed by atoms with E-state index in [1.54, 1.807) is 4.90 Å². The molecule has 2 fully saturated rings. The Bertz CT molecular complexity index is 288. The van der Waals surface area contributed by atoms with Crippen LogP contribution in [0.25, 0.3) is 0 Å². The second kappa shape index (κ2) is 4.72. The van der Waals surface area contributed by atoms with Crippen molar-refractivity contribution in [2.75, 3.05) is 13.1 Å². The van der Waals surface area contributed by atoms with Crippen LogP contribution in [0.15, 0.2) is 0 Å². The fraction of sp³-hybridized carbons (Fsp3) is 0.818. The molecule has 1 saturated heterocycles. The van der Waals surface area contributed by atoms with Crippen molar-refractivity contribution in [3.05, 3.63) is 0 Å². The Hall–Kier alpha value is -1.26. The van der Waals surface area contributed by atoms with Crippen LogP contribution < -0.4 is 11.1 Å². The lowest BCUT2D eigenvalue weighted by Gasteiger charge is -2.35. The first-order chi connectivity index (χ1) is 7.66. The number of amides is 2. The molecule has 0 aromatic rings. The molecule has 2 aliphatic rings. The maximum absolute atomic E-state index is 11.9. The number of hydrogen-bond acceptors (Lipinski definition) is 2. The van der Waals surface area contributed by atoms with Crippen LogP contribution >= 0.6 is 0 Å². The number of urea groups is 1. The van der Waals surface area contributed by atoms with Crippen LogP contribution in [-0.2, 0) is 0 Å². The predicted molar refractivity (Wildman–Crippen MR) is 62.4 cm³/mol. The molecule has 2 amide bonds. The summed E-state index contributed by atoms with van der Waals surface area (Å²) in [4.78, 5) is 13.7. The lowest BCUT2D eigenvalue weighted by molar-refractivity contribution is 0.168. The van der Waals surface area contributed by atoms with Gasteiger partial charge in [0.2, 0.25) is 0 Å². The summed E-state index contributed by atoms with van der Waals surface area (Å²) in [6.07, 6.45) is 5.32. The zero-order chi connectivity index (χ0) is 11.5. The van der Waals surface area contributed by atoms with Crippen molar-refractivity contribution in [3.63, 3.8) is 0 Å². The third-order valence-electron chi connectivity index (χ3n) is 3.58. The standard InChI is InChI=1S/C11H20N4O/c12-10(13)8-3-2-6-15(7-8)11(16)14-9-4-1-5-9/h8-9H,1-7H2,(H3,12,13)(H,14,16). The van der Waals surface area contributed by atoms with E-state index in [1.165, 1.54) is 6.42 Å². The summed E-state index contributed by atoms with van der Waals surface area (Å²) < 4.78 is 0. The maximum Gasteiger partial charge on any atom is 0.317 e. The van der Waals surface area contributed by atoms with Gasteiger partial charge in [-0.2, -0.15) is 0 Å². The van der Waals surface area contributed by atoms with Crippen LogP contribution in [0, 0.1) is 11.3 Å². The van der Waals surface area contributed by atoms with Crippen LogP contribution in [0.5, 0.6) is 0 Å². The number of rotatable bonds is 2. The molecule has 4 N–H and O–H groups in total. The maximum atomic E-state index is 11.9. The van der Waals surface area contributed by atoms with Gasteiger partial charge in [0, 0.05) is 25.0 Å². The summed E-state index contributed by atoms with van der Waals surface area (Å²) >= 11 is 0. The highest BCUT2D eigenvalue weighted by molar-refractivity contribution is 5.81. The van der Waals surface area contributed by atoms with Crippen molar-refractivity contribution in [2.45, 2.75) is 38.1 Å². The van der Waals surface area contributed by atoms with Crippen molar-refractivity contribution >= 4 is 11.9 Å². The van der Waals surface area contributed by atoms with E-state index in [9.17, 15) is 4.79 Å². The van der Waals surface area contributed by atoms with E-state index in [1.807, 2.05) is 0 Å². The lowest BCUT2D eigenvalue weighted by atomic mass is 9.93. The van der Waals surface area contributed by atoms with Crippen molar-refractivity contribution in [3.8, 4) is 0 Å². The van der Waals surface area contributed by atoms with Gasteiger partial charge < -0.3 is 16.0 Å². The van der Waals surface area contributed by atoms with E-state index in [0.717, 1.165) is 32.2 Å². The largest absolute Gasteiger partial charge is 0.387 e. The van der Waals surface area contributed by atoms with Crippen molar-refractivity contribution in [2.24, 2.45) is 11.7 Å². The number of amidine groups is 1. The molecule has 0 aromatic heterocycles. The van der Waals surface area contributed by atoms with Crippen molar-refractivity contribution in [1.82, 2.24) is 10.2 Å². The average molecular weight is 224 g/mol. The normalized spacial score (nSPS) is 26.0. The zero-order valence-corrected chi connectivity index (χ0v) is 9.54. The Balaban J connectivity index is 1.83. The monoisotopic (exact) mass is 224 g/mol. The van der Waals surface area contributed by atoms with Gasteiger partial charge in [-0.25, -0.2) is 4.79 Å². The molecular formula is C11H20N4O. The molecular weight excluding hydrogens is 204 g/mol. The van der Waals surface area contributed by atoms with Gasteiger partial charge in [-0.3, -0.25) is 5.41 Å². The minimum atomic E-state index is 0.0238. The van der Waals surface area contributed by atoms with Crippen molar-refractivity contribution < 1.29 is 4.79 Å². The first-order valence-corrected chi connectivity index (χ1v) is 6.06. The summed E-state index contributed by atoms with van der Waals surface area (Å²) in [5, 5.41) is 10.4. The van der Waals surface area contributed by atoms with E-state index >= 15 is 0 Å². The molecule has 1 aliphatic heterocycles. The van der Waals surface area contributed by atoms with E-state index in [0.29, 0.717) is 12.6 Å². The van der Waals surface area contributed by atoms with E-state index in [2.05, 4.69) is 5.32 Å². The molecule has 2 rings (SSSR count). The highest BCUT2D eigenvalue weighted by Gasteiger charge is 2.27. The fourth-order valence-corrected chi connectivity index (χ4v) is 2.23. The summed E-state index contributed by atoms with van der Waals surface area (Å²) in [5.74, 6) is 0.266. The Morgan fingerprint density at radius 1 is 1.31 bits per heavy atom. The SMILES string of the molecule is N=C(N)C1CCCN(C(=O)NC2CCC2)C1.